The number of nitrogens with zero attached hydrogens (tertiary/aromatic N) is 1. The predicted molar refractivity (Wildman–Crippen MR) is 61.0 cm³/mol. The van der Waals surface area contributed by atoms with Crippen molar-refractivity contribution in [2.24, 2.45) is 0 Å². The molecular formula is C10H18N2OS. The molecule has 0 atom stereocenters. The Labute approximate surface area is 89.5 Å². The molecule has 1 aromatic rings. The standard InChI is InChI=1S/C10H18N2OS/c1-5-13-10(3,4)7-11-9-12-8(2)6-14-9/h6H,5,7H2,1-4H3,(H,11,12). The zero-order valence-electron chi connectivity index (χ0n) is 9.26. The highest BCUT2D eigenvalue weighted by Crippen LogP contribution is 2.16. The summed E-state index contributed by atoms with van der Waals surface area (Å²) in [5.74, 6) is 0. The van der Waals surface area contributed by atoms with Crippen molar-refractivity contribution < 1.29 is 4.74 Å². The first-order valence-corrected chi connectivity index (χ1v) is 5.71. The van der Waals surface area contributed by atoms with Gasteiger partial charge in [-0.25, -0.2) is 4.98 Å². The van der Waals surface area contributed by atoms with Crippen LogP contribution in [-0.4, -0.2) is 23.7 Å². The van der Waals surface area contributed by atoms with Gasteiger partial charge in [0.05, 0.1) is 11.3 Å². The Morgan fingerprint density at radius 2 is 2.29 bits per heavy atom. The molecule has 0 aliphatic carbocycles. The smallest absolute Gasteiger partial charge is 0.182 e. The number of nitrogens with one attached hydrogen (secondary N) is 1. The van der Waals surface area contributed by atoms with E-state index in [1.165, 1.54) is 0 Å². The maximum absolute atomic E-state index is 5.57. The molecular weight excluding hydrogens is 196 g/mol. The number of aryl methyl sites for hydroxylation is 1. The molecule has 0 unspecified atom stereocenters. The minimum atomic E-state index is -0.131. The molecule has 0 aromatic carbocycles. The number of hydrogen-bond acceptors (Lipinski definition) is 4. The normalized spacial score (nSPS) is 11.7. The first kappa shape index (κ1) is 11.5. The zero-order valence-corrected chi connectivity index (χ0v) is 10.1. The largest absolute Gasteiger partial charge is 0.374 e. The van der Waals surface area contributed by atoms with Gasteiger partial charge in [-0.2, -0.15) is 0 Å². The minimum absolute atomic E-state index is 0.131. The molecule has 0 saturated carbocycles. The number of thiazole rings is 1. The highest BCUT2D eigenvalue weighted by atomic mass is 32.1. The fourth-order valence-corrected chi connectivity index (χ4v) is 1.85. The summed E-state index contributed by atoms with van der Waals surface area (Å²) in [6, 6.07) is 0. The summed E-state index contributed by atoms with van der Waals surface area (Å²) < 4.78 is 5.57. The lowest BCUT2D eigenvalue weighted by atomic mass is 10.1. The monoisotopic (exact) mass is 214 g/mol. The molecule has 14 heavy (non-hydrogen) atoms. The van der Waals surface area contributed by atoms with Gasteiger partial charge in [-0.15, -0.1) is 11.3 Å². The van der Waals surface area contributed by atoms with E-state index in [0.717, 1.165) is 24.0 Å². The third kappa shape index (κ3) is 3.64. The summed E-state index contributed by atoms with van der Waals surface area (Å²) in [5, 5.41) is 6.28. The average molecular weight is 214 g/mol. The Kier molecular flexibility index (Phi) is 3.89. The van der Waals surface area contributed by atoms with Crippen molar-refractivity contribution >= 4 is 16.5 Å². The van der Waals surface area contributed by atoms with E-state index >= 15 is 0 Å². The van der Waals surface area contributed by atoms with Crippen molar-refractivity contribution in [3.8, 4) is 0 Å². The van der Waals surface area contributed by atoms with Crippen molar-refractivity contribution in [2.45, 2.75) is 33.3 Å². The quantitative estimate of drug-likeness (QED) is 0.818. The van der Waals surface area contributed by atoms with E-state index < -0.39 is 0 Å². The van der Waals surface area contributed by atoms with E-state index in [-0.39, 0.29) is 5.60 Å². The molecule has 0 aliphatic rings. The van der Waals surface area contributed by atoms with Crippen LogP contribution in [0.1, 0.15) is 26.5 Å². The second-order valence-electron chi connectivity index (χ2n) is 3.84. The lowest BCUT2D eigenvalue weighted by molar-refractivity contribution is 0.000694. The molecule has 1 N–H and O–H groups in total. The van der Waals surface area contributed by atoms with Gasteiger partial charge in [0.25, 0.3) is 0 Å². The molecule has 0 amide bonds. The van der Waals surface area contributed by atoms with Gasteiger partial charge in [-0.3, -0.25) is 0 Å². The molecule has 1 heterocycles. The first-order valence-electron chi connectivity index (χ1n) is 4.83. The number of aromatic nitrogens is 1. The second-order valence-corrected chi connectivity index (χ2v) is 4.70. The van der Waals surface area contributed by atoms with Crippen LogP contribution in [0.15, 0.2) is 5.38 Å². The van der Waals surface area contributed by atoms with Crippen molar-refractivity contribution in [3.63, 3.8) is 0 Å². The van der Waals surface area contributed by atoms with E-state index in [2.05, 4.69) is 24.1 Å². The minimum Gasteiger partial charge on any atom is -0.374 e. The Hall–Kier alpha value is -0.610. The van der Waals surface area contributed by atoms with Crippen LogP contribution in [0.25, 0.3) is 0 Å². The van der Waals surface area contributed by atoms with Crippen LogP contribution in [0.5, 0.6) is 0 Å². The van der Waals surface area contributed by atoms with Gasteiger partial charge in [0.15, 0.2) is 5.13 Å². The van der Waals surface area contributed by atoms with Gasteiger partial charge in [0.2, 0.25) is 0 Å². The van der Waals surface area contributed by atoms with Gasteiger partial charge in [-0.05, 0) is 27.7 Å². The van der Waals surface area contributed by atoms with Crippen LogP contribution < -0.4 is 5.32 Å². The first-order chi connectivity index (χ1) is 6.53. The van der Waals surface area contributed by atoms with E-state index in [4.69, 9.17) is 4.74 Å². The molecule has 0 saturated heterocycles. The molecule has 0 bridgehead atoms. The van der Waals surface area contributed by atoms with E-state index in [0.29, 0.717) is 0 Å². The molecule has 1 aromatic heterocycles. The maximum atomic E-state index is 5.57. The Morgan fingerprint density at radius 1 is 1.57 bits per heavy atom. The maximum Gasteiger partial charge on any atom is 0.182 e. The number of rotatable bonds is 5. The Bertz CT molecular complexity index is 283. The summed E-state index contributed by atoms with van der Waals surface area (Å²) in [5.41, 5.74) is 0.931. The summed E-state index contributed by atoms with van der Waals surface area (Å²) in [6.07, 6.45) is 0. The van der Waals surface area contributed by atoms with Crippen LogP contribution in [0.2, 0.25) is 0 Å². The molecule has 80 valence electrons. The second kappa shape index (κ2) is 4.75. The SMILES string of the molecule is CCOC(C)(C)CNc1nc(C)cs1. The van der Waals surface area contributed by atoms with Crippen molar-refractivity contribution in [1.29, 1.82) is 0 Å². The van der Waals surface area contributed by atoms with Gasteiger partial charge < -0.3 is 10.1 Å². The topological polar surface area (TPSA) is 34.1 Å². The van der Waals surface area contributed by atoms with Crippen LogP contribution in [0, 0.1) is 6.92 Å². The van der Waals surface area contributed by atoms with Crippen molar-refractivity contribution in [2.75, 3.05) is 18.5 Å². The van der Waals surface area contributed by atoms with Gasteiger partial charge >= 0.3 is 0 Å². The van der Waals surface area contributed by atoms with E-state index in [1.807, 2.05) is 19.2 Å². The number of hydrogen-bond donors (Lipinski definition) is 1. The zero-order chi connectivity index (χ0) is 10.6. The molecule has 0 spiro atoms. The highest BCUT2D eigenvalue weighted by Gasteiger charge is 2.17. The summed E-state index contributed by atoms with van der Waals surface area (Å²) in [4.78, 5) is 4.33. The summed E-state index contributed by atoms with van der Waals surface area (Å²) >= 11 is 1.63. The summed E-state index contributed by atoms with van der Waals surface area (Å²) in [7, 11) is 0. The predicted octanol–water partition coefficient (Wildman–Crippen LogP) is 2.68. The summed E-state index contributed by atoms with van der Waals surface area (Å²) in [6.45, 7) is 9.68. The van der Waals surface area contributed by atoms with E-state index in [1.54, 1.807) is 11.3 Å². The Morgan fingerprint density at radius 3 is 2.79 bits per heavy atom. The van der Waals surface area contributed by atoms with Gasteiger partial charge in [-0.1, -0.05) is 0 Å². The number of ether oxygens (including phenoxy) is 1. The highest BCUT2D eigenvalue weighted by molar-refractivity contribution is 7.13. The third-order valence-electron chi connectivity index (χ3n) is 1.82. The molecule has 3 nitrogen and oxygen atoms in total. The Balaban J connectivity index is 2.40. The molecule has 0 radical (unpaired) electrons. The van der Waals surface area contributed by atoms with Crippen LogP contribution >= 0.6 is 11.3 Å². The van der Waals surface area contributed by atoms with Gasteiger partial charge in [0, 0.05) is 18.5 Å². The van der Waals surface area contributed by atoms with Crippen LogP contribution in [-0.2, 0) is 4.74 Å². The van der Waals surface area contributed by atoms with Crippen LogP contribution in [0.3, 0.4) is 0 Å². The number of anilines is 1. The molecule has 1 rings (SSSR count). The van der Waals surface area contributed by atoms with Crippen molar-refractivity contribution in [1.82, 2.24) is 4.98 Å². The fraction of sp³-hybridized carbons (Fsp3) is 0.700. The van der Waals surface area contributed by atoms with Crippen LogP contribution in [0.4, 0.5) is 5.13 Å². The molecule has 4 heteroatoms. The lowest BCUT2D eigenvalue weighted by Crippen LogP contribution is -2.33. The lowest BCUT2D eigenvalue weighted by Gasteiger charge is -2.24. The van der Waals surface area contributed by atoms with E-state index in [9.17, 15) is 0 Å². The van der Waals surface area contributed by atoms with Crippen molar-refractivity contribution in [3.05, 3.63) is 11.1 Å². The third-order valence-corrected chi connectivity index (χ3v) is 2.74. The van der Waals surface area contributed by atoms with Gasteiger partial charge in [0.1, 0.15) is 0 Å². The fourth-order valence-electron chi connectivity index (χ4n) is 1.17. The average Bonchev–Trinajstić information content (AvgIpc) is 2.48. The molecule has 0 aliphatic heterocycles. The molecule has 0 fully saturated rings.